The van der Waals surface area contributed by atoms with Gasteiger partial charge in [0.15, 0.2) is 0 Å². The maximum atomic E-state index is 10.6. The summed E-state index contributed by atoms with van der Waals surface area (Å²) in [6, 6.07) is 37.2. The average molecular weight is 703 g/mol. The molecule has 5 rings (SSSR count). The van der Waals surface area contributed by atoms with Gasteiger partial charge in [0, 0.05) is 6.08 Å². The number of ether oxygens (including phenoxy) is 3. The minimum Gasteiger partial charge on any atom is -0.508 e. The summed E-state index contributed by atoms with van der Waals surface area (Å²) in [5.74, 6) is 0.00694. The van der Waals surface area contributed by atoms with Crippen molar-refractivity contribution in [1.82, 2.24) is 0 Å². The first kappa shape index (κ1) is 44.5. The molecule has 0 aliphatic heterocycles. The van der Waals surface area contributed by atoms with E-state index in [0.717, 1.165) is 37.0 Å². The van der Waals surface area contributed by atoms with Gasteiger partial charge >= 0.3 is 5.97 Å². The molecule has 1 aliphatic carbocycles. The highest BCUT2D eigenvalue weighted by Gasteiger charge is 2.17. The fraction of sp³-hybridized carbons (Fsp3) is 0.255. The largest absolute Gasteiger partial charge is 0.508 e. The Hall–Kier alpha value is -5.55. The Bertz CT molecular complexity index is 1550. The first-order valence-electron chi connectivity index (χ1n) is 17.7. The van der Waals surface area contributed by atoms with E-state index in [0.29, 0.717) is 5.75 Å². The van der Waals surface area contributed by atoms with Gasteiger partial charge in [-0.25, -0.2) is 4.79 Å². The van der Waals surface area contributed by atoms with Crippen LogP contribution in [0.1, 0.15) is 82.1 Å². The van der Waals surface area contributed by atoms with Gasteiger partial charge in [-0.1, -0.05) is 142 Å². The topological polar surface area (TPSA) is 65.0 Å². The van der Waals surface area contributed by atoms with E-state index in [1.807, 2.05) is 142 Å². The van der Waals surface area contributed by atoms with E-state index < -0.39 is 0 Å². The van der Waals surface area contributed by atoms with E-state index >= 15 is 0 Å². The van der Waals surface area contributed by atoms with Crippen LogP contribution in [0.4, 0.5) is 0 Å². The van der Waals surface area contributed by atoms with Gasteiger partial charge in [-0.2, -0.15) is 0 Å². The van der Waals surface area contributed by atoms with Gasteiger partial charge < -0.3 is 19.3 Å². The summed E-state index contributed by atoms with van der Waals surface area (Å²) >= 11 is 0. The zero-order chi connectivity index (χ0) is 38.3. The SMILES string of the molecule is C=CC(=O)OC1CCCC1.C=Cc1ccc(O)cc1.C=Cc1ccccc1.CC(C)(C)OC=Cc1ccccc1.CCCOC=Cc1ccccc1. The lowest BCUT2D eigenvalue weighted by Crippen LogP contribution is -2.15. The summed E-state index contributed by atoms with van der Waals surface area (Å²) in [4.78, 5) is 10.6. The van der Waals surface area contributed by atoms with Gasteiger partial charge in [0.1, 0.15) is 11.9 Å². The zero-order valence-corrected chi connectivity index (χ0v) is 31.5. The molecule has 276 valence electrons. The Balaban J connectivity index is 0.000000328. The molecule has 4 aromatic rings. The van der Waals surface area contributed by atoms with Crippen LogP contribution in [-0.2, 0) is 19.0 Å². The predicted molar refractivity (Wildman–Crippen MR) is 221 cm³/mol. The molecule has 0 amide bonds. The third-order valence-electron chi connectivity index (χ3n) is 6.88. The van der Waals surface area contributed by atoms with Gasteiger partial charge in [0.2, 0.25) is 0 Å². The molecule has 0 bridgehead atoms. The second-order valence-corrected chi connectivity index (χ2v) is 12.5. The van der Waals surface area contributed by atoms with Crippen molar-refractivity contribution in [2.75, 3.05) is 6.61 Å². The molecule has 0 spiro atoms. The Morgan fingerprint density at radius 1 is 0.692 bits per heavy atom. The standard InChI is InChI=1S/C12H16O.C11H14O.C8H12O2.C8H8O.C8H8/c1-12(2,3)13-10-9-11-7-5-4-6-8-11;1-2-9-12-10-8-11-6-4-3-5-7-11;1-2-8(9)10-7-5-3-4-6-7;1-2-7-3-5-8(9)6-4-7;1-2-8-6-4-3-5-7-8/h4-10H,1-3H3;3-8,10H,2,9H2,1H3;2,7H,1,3-6H2;2-6,9H,1H2;2-7H,1H2. The van der Waals surface area contributed by atoms with Crippen molar-refractivity contribution in [3.63, 3.8) is 0 Å². The van der Waals surface area contributed by atoms with Gasteiger partial charge in [-0.15, -0.1) is 0 Å². The molecular formula is C47H58O5. The van der Waals surface area contributed by atoms with E-state index in [1.54, 1.807) is 30.7 Å². The minimum atomic E-state index is -0.285. The van der Waals surface area contributed by atoms with Gasteiger partial charge in [-0.05, 0) is 99.4 Å². The summed E-state index contributed by atoms with van der Waals surface area (Å²) in [5.41, 5.74) is 4.42. The highest BCUT2D eigenvalue weighted by atomic mass is 16.5. The quantitative estimate of drug-likeness (QED) is 0.0771. The fourth-order valence-corrected chi connectivity index (χ4v) is 4.18. The zero-order valence-electron chi connectivity index (χ0n) is 31.5. The summed E-state index contributed by atoms with van der Waals surface area (Å²) in [6.45, 7) is 19.5. The first-order chi connectivity index (χ1) is 25.1. The molecule has 0 saturated heterocycles. The van der Waals surface area contributed by atoms with Crippen molar-refractivity contribution < 1.29 is 24.1 Å². The number of hydrogen-bond donors (Lipinski definition) is 1. The third-order valence-corrected chi connectivity index (χ3v) is 6.88. The smallest absolute Gasteiger partial charge is 0.330 e. The molecule has 0 radical (unpaired) electrons. The lowest BCUT2D eigenvalue weighted by Gasteiger charge is -2.17. The molecule has 0 heterocycles. The summed E-state index contributed by atoms with van der Waals surface area (Å²) in [7, 11) is 0. The van der Waals surface area contributed by atoms with Crippen molar-refractivity contribution in [2.24, 2.45) is 0 Å². The van der Waals surface area contributed by atoms with Crippen molar-refractivity contribution in [3.05, 3.63) is 176 Å². The van der Waals surface area contributed by atoms with E-state index in [4.69, 9.17) is 19.3 Å². The molecule has 0 aromatic heterocycles. The number of benzene rings is 4. The maximum absolute atomic E-state index is 10.6. The van der Waals surface area contributed by atoms with E-state index in [9.17, 15) is 4.79 Å². The second-order valence-electron chi connectivity index (χ2n) is 12.5. The van der Waals surface area contributed by atoms with Crippen LogP contribution < -0.4 is 0 Å². The highest BCUT2D eigenvalue weighted by Crippen LogP contribution is 2.20. The summed E-state index contributed by atoms with van der Waals surface area (Å²) in [5, 5.41) is 8.82. The normalized spacial score (nSPS) is 11.8. The van der Waals surface area contributed by atoms with E-state index in [1.165, 1.54) is 30.0 Å². The summed E-state index contributed by atoms with van der Waals surface area (Å²) < 4.78 is 15.7. The number of carbonyl (C=O) groups is 1. The highest BCUT2D eigenvalue weighted by molar-refractivity contribution is 5.81. The molecule has 1 N–H and O–H groups in total. The Kier molecular flexibility index (Phi) is 24.1. The molecule has 0 atom stereocenters. The molecule has 1 saturated carbocycles. The monoisotopic (exact) mass is 702 g/mol. The van der Waals surface area contributed by atoms with Crippen LogP contribution in [0.15, 0.2) is 154 Å². The number of hydrogen-bond acceptors (Lipinski definition) is 5. The molecular weight excluding hydrogens is 645 g/mol. The number of phenolic OH excluding ortho intramolecular Hbond substituents is 1. The van der Waals surface area contributed by atoms with Crippen LogP contribution in [0.2, 0.25) is 0 Å². The van der Waals surface area contributed by atoms with E-state index in [-0.39, 0.29) is 17.7 Å². The number of carbonyl (C=O) groups excluding carboxylic acids is 1. The Morgan fingerprint density at radius 2 is 1.13 bits per heavy atom. The Morgan fingerprint density at radius 3 is 1.54 bits per heavy atom. The lowest BCUT2D eigenvalue weighted by atomic mass is 10.2. The lowest BCUT2D eigenvalue weighted by molar-refractivity contribution is -0.142. The van der Waals surface area contributed by atoms with Gasteiger partial charge in [0.05, 0.1) is 24.7 Å². The van der Waals surface area contributed by atoms with Crippen molar-refractivity contribution >= 4 is 30.3 Å². The van der Waals surface area contributed by atoms with Crippen molar-refractivity contribution in [1.29, 1.82) is 0 Å². The van der Waals surface area contributed by atoms with Crippen LogP contribution in [0.5, 0.6) is 5.75 Å². The fourth-order valence-electron chi connectivity index (χ4n) is 4.18. The van der Waals surface area contributed by atoms with Crippen molar-refractivity contribution in [2.45, 2.75) is 71.5 Å². The molecule has 1 aliphatic rings. The Labute approximate surface area is 313 Å². The average Bonchev–Trinajstić information content (AvgIpc) is 3.68. The molecule has 4 aromatic carbocycles. The second kappa shape index (κ2) is 28.2. The number of rotatable bonds is 10. The number of esters is 1. The van der Waals surface area contributed by atoms with Gasteiger partial charge in [0.25, 0.3) is 0 Å². The third kappa shape index (κ3) is 24.6. The summed E-state index contributed by atoms with van der Waals surface area (Å²) in [6.07, 6.45) is 17.9. The number of phenols is 1. The molecule has 5 nitrogen and oxygen atoms in total. The molecule has 0 unspecified atom stereocenters. The predicted octanol–water partition coefficient (Wildman–Crippen LogP) is 12.6. The molecule has 52 heavy (non-hydrogen) atoms. The minimum absolute atomic E-state index is 0.106. The van der Waals surface area contributed by atoms with Crippen LogP contribution >= 0.6 is 0 Å². The van der Waals surface area contributed by atoms with Crippen LogP contribution in [-0.4, -0.2) is 29.4 Å². The molecule has 5 heteroatoms. The van der Waals surface area contributed by atoms with Gasteiger partial charge in [-0.3, -0.25) is 0 Å². The first-order valence-corrected chi connectivity index (χ1v) is 17.7. The van der Waals surface area contributed by atoms with E-state index in [2.05, 4.69) is 26.7 Å². The van der Waals surface area contributed by atoms with Crippen LogP contribution in [0.25, 0.3) is 24.3 Å². The van der Waals surface area contributed by atoms with Crippen molar-refractivity contribution in [3.8, 4) is 5.75 Å². The number of aromatic hydroxyl groups is 1. The van der Waals surface area contributed by atoms with Crippen LogP contribution in [0.3, 0.4) is 0 Å². The molecule has 1 fully saturated rings. The maximum Gasteiger partial charge on any atom is 0.330 e. The van der Waals surface area contributed by atoms with Crippen LogP contribution in [0, 0.1) is 0 Å².